The van der Waals surface area contributed by atoms with Crippen molar-refractivity contribution >= 4 is 0 Å². The minimum absolute atomic E-state index is 0.0443. The van der Waals surface area contributed by atoms with Crippen molar-refractivity contribution in [3.63, 3.8) is 0 Å². The molecule has 20 heavy (non-hydrogen) atoms. The summed E-state index contributed by atoms with van der Waals surface area (Å²) in [6.07, 6.45) is 2.04. The van der Waals surface area contributed by atoms with Crippen molar-refractivity contribution < 1.29 is 5.11 Å². The van der Waals surface area contributed by atoms with Gasteiger partial charge in [0, 0.05) is 6.04 Å². The van der Waals surface area contributed by atoms with E-state index in [0.717, 1.165) is 29.5 Å². The van der Waals surface area contributed by atoms with E-state index in [9.17, 15) is 5.11 Å². The number of hydrogen-bond donors (Lipinski definition) is 2. The average molecular weight is 277 g/mol. The molecule has 1 aromatic rings. The van der Waals surface area contributed by atoms with Crippen LogP contribution < -0.4 is 5.73 Å². The van der Waals surface area contributed by atoms with Crippen LogP contribution in [0.2, 0.25) is 0 Å². The lowest BCUT2D eigenvalue weighted by atomic mass is 9.77. The van der Waals surface area contributed by atoms with Gasteiger partial charge in [0.1, 0.15) is 5.75 Å². The van der Waals surface area contributed by atoms with E-state index in [0.29, 0.717) is 5.75 Å². The Morgan fingerprint density at radius 3 is 1.70 bits per heavy atom. The van der Waals surface area contributed by atoms with E-state index < -0.39 is 0 Å². The van der Waals surface area contributed by atoms with Crippen molar-refractivity contribution in [3.8, 4) is 5.75 Å². The summed E-state index contributed by atoms with van der Waals surface area (Å²) in [7, 11) is 0. The predicted molar refractivity (Wildman–Crippen MR) is 87.3 cm³/mol. The highest BCUT2D eigenvalue weighted by molar-refractivity contribution is 5.50. The topological polar surface area (TPSA) is 46.2 Å². The molecule has 0 bridgehead atoms. The maximum atomic E-state index is 10.7. The molecule has 1 rings (SSSR count). The minimum Gasteiger partial charge on any atom is -0.507 e. The van der Waals surface area contributed by atoms with Crippen molar-refractivity contribution in [2.24, 2.45) is 5.73 Å². The molecule has 0 heterocycles. The molecular weight excluding hydrogens is 246 g/mol. The molecule has 0 saturated heterocycles. The van der Waals surface area contributed by atoms with Gasteiger partial charge in [-0.25, -0.2) is 0 Å². The first-order valence-corrected chi connectivity index (χ1v) is 7.62. The van der Waals surface area contributed by atoms with Crippen LogP contribution in [-0.2, 0) is 10.8 Å². The molecule has 0 saturated carbocycles. The fraction of sp³-hybridized carbons (Fsp3) is 0.667. The van der Waals surface area contributed by atoms with Crippen LogP contribution in [0.3, 0.4) is 0 Å². The molecule has 2 nitrogen and oxygen atoms in total. The molecule has 0 spiro atoms. The van der Waals surface area contributed by atoms with Gasteiger partial charge in [-0.05, 0) is 33.9 Å². The number of nitrogens with two attached hydrogens (primary N) is 1. The highest BCUT2D eigenvalue weighted by atomic mass is 16.3. The molecule has 3 N–H and O–H groups in total. The van der Waals surface area contributed by atoms with E-state index in [4.69, 9.17) is 5.73 Å². The maximum absolute atomic E-state index is 10.7. The molecule has 1 aromatic carbocycles. The Balaban J connectivity index is 3.50. The van der Waals surface area contributed by atoms with Crippen molar-refractivity contribution in [1.82, 2.24) is 0 Å². The Hall–Kier alpha value is -1.02. The number of rotatable bonds is 3. The number of phenols is 1. The number of hydrogen-bond acceptors (Lipinski definition) is 2. The second-order valence-electron chi connectivity index (χ2n) is 7.86. The normalized spacial score (nSPS) is 14.4. The number of aromatic hydroxyl groups is 1. The highest BCUT2D eigenvalue weighted by Gasteiger charge is 2.27. The second kappa shape index (κ2) is 5.77. The highest BCUT2D eigenvalue weighted by Crippen LogP contribution is 2.40. The van der Waals surface area contributed by atoms with Crippen LogP contribution in [0.1, 0.15) is 84.0 Å². The largest absolute Gasteiger partial charge is 0.507 e. The smallest absolute Gasteiger partial charge is 0.123 e. The lowest BCUT2D eigenvalue weighted by Crippen LogP contribution is -2.20. The van der Waals surface area contributed by atoms with E-state index in [1.54, 1.807) is 0 Å². The van der Waals surface area contributed by atoms with Gasteiger partial charge >= 0.3 is 0 Å². The summed E-state index contributed by atoms with van der Waals surface area (Å²) in [6, 6.07) is 4.22. The average Bonchev–Trinajstić information content (AvgIpc) is 2.26. The van der Waals surface area contributed by atoms with Gasteiger partial charge in [0.15, 0.2) is 0 Å². The fourth-order valence-electron chi connectivity index (χ4n) is 2.49. The van der Waals surface area contributed by atoms with Crippen LogP contribution in [0, 0.1) is 0 Å². The zero-order chi connectivity index (χ0) is 15.7. The summed E-state index contributed by atoms with van der Waals surface area (Å²) in [4.78, 5) is 0. The molecule has 1 atom stereocenters. The van der Waals surface area contributed by atoms with Gasteiger partial charge in [-0.15, -0.1) is 0 Å². The van der Waals surface area contributed by atoms with Gasteiger partial charge in [-0.2, -0.15) is 0 Å². The first kappa shape index (κ1) is 17.0. The minimum atomic E-state index is -0.0912. The standard InChI is InChI=1S/C18H31NO/c1-8-9-15(19)12-10-13(17(2,3)4)16(20)14(11-12)18(5,6)7/h10-11,15,20H,8-9,19H2,1-7H3/t15-/m1/s1. The third-order valence-electron chi connectivity index (χ3n) is 3.78. The van der Waals surface area contributed by atoms with Crippen LogP contribution in [0.5, 0.6) is 5.75 Å². The Morgan fingerprint density at radius 2 is 1.40 bits per heavy atom. The first-order valence-electron chi connectivity index (χ1n) is 7.62. The van der Waals surface area contributed by atoms with E-state index in [1.165, 1.54) is 0 Å². The van der Waals surface area contributed by atoms with Crippen molar-refractivity contribution in [2.45, 2.75) is 78.2 Å². The van der Waals surface area contributed by atoms with Gasteiger partial charge in [0.2, 0.25) is 0 Å². The molecule has 0 unspecified atom stereocenters. The zero-order valence-corrected chi connectivity index (χ0v) is 14.2. The molecule has 0 aliphatic rings. The molecule has 0 aromatic heterocycles. The fourth-order valence-corrected chi connectivity index (χ4v) is 2.49. The SMILES string of the molecule is CCC[C@@H](N)c1cc(C(C)(C)C)c(O)c(C(C)(C)C)c1. The quantitative estimate of drug-likeness (QED) is 0.834. The molecular formula is C18H31NO. The lowest BCUT2D eigenvalue weighted by molar-refractivity contribution is 0.422. The van der Waals surface area contributed by atoms with Crippen molar-refractivity contribution in [1.29, 1.82) is 0 Å². The Bertz CT molecular complexity index is 428. The third kappa shape index (κ3) is 3.76. The molecule has 0 amide bonds. The molecule has 0 aliphatic carbocycles. The number of phenolic OH excluding ortho intramolecular Hbond substituents is 1. The van der Waals surface area contributed by atoms with E-state index in [-0.39, 0.29) is 16.9 Å². The van der Waals surface area contributed by atoms with Gasteiger partial charge in [0.25, 0.3) is 0 Å². The summed E-state index contributed by atoms with van der Waals surface area (Å²) in [5.41, 5.74) is 9.24. The molecule has 2 heteroatoms. The van der Waals surface area contributed by atoms with Crippen molar-refractivity contribution in [2.75, 3.05) is 0 Å². The Morgan fingerprint density at radius 1 is 1.00 bits per heavy atom. The summed E-state index contributed by atoms with van der Waals surface area (Å²) < 4.78 is 0. The molecule has 0 radical (unpaired) electrons. The maximum Gasteiger partial charge on any atom is 0.123 e. The molecule has 114 valence electrons. The van der Waals surface area contributed by atoms with Crippen molar-refractivity contribution in [3.05, 3.63) is 28.8 Å². The van der Waals surface area contributed by atoms with Gasteiger partial charge in [0.05, 0.1) is 0 Å². The van der Waals surface area contributed by atoms with Crippen LogP contribution >= 0.6 is 0 Å². The van der Waals surface area contributed by atoms with Crippen LogP contribution in [0.15, 0.2) is 12.1 Å². The monoisotopic (exact) mass is 277 g/mol. The summed E-state index contributed by atoms with van der Waals surface area (Å²) in [6.45, 7) is 14.9. The van der Waals surface area contributed by atoms with E-state index >= 15 is 0 Å². The number of benzene rings is 1. The van der Waals surface area contributed by atoms with Gasteiger partial charge in [-0.3, -0.25) is 0 Å². The van der Waals surface area contributed by atoms with Crippen LogP contribution in [-0.4, -0.2) is 5.11 Å². The Labute approximate surface area is 124 Å². The molecule has 0 fully saturated rings. The van der Waals surface area contributed by atoms with Crippen LogP contribution in [0.25, 0.3) is 0 Å². The predicted octanol–water partition coefficient (Wildman–Crippen LogP) is 4.79. The first-order chi connectivity index (χ1) is 8.98. The third-order valence-corrected chi connectivity index (χ3v) is 3.78. The second-order valence-corrected chi connectivity index (χ2v) is 7.86. The van der Waals surface area contributed by atoms with Crippen LogP contribution in [0.4, 0.5) is 0 Å². The zero-order valence-electron chi connectivity index (χ0n) is 14.2. The molecule has 0 aliphatic heterocycles. The van der Waals surface area contributed by atoms with E-state index in [2.05, 4.69) is 60.6 Å². The Kier molecular flexibility index (Phi) is 4.91. The lowest BCUT2D eigenvalue weighted by Gasteiger charge is -2.29. The summed E-state index contributed by atoms with van der Waals surface area (Å²) >= 11 is 0. The summed E-state index contributed by atoms with van der Waals surface area (Å²) in [5, 5.41) is 10.7. The van der Waals surface area contributed by atoms with Gasteiger partial charge < -0.3 is 10.8 Å². The van der Waals surface area contributed by atoms with E-state index in [1.807, 2.05) is 0 Å². The summed E-state index contributed by atoms with van der Waals surface area (Å²) in [5.74, 6) is 0.428. The van der Waals surface area contributed by atoms with Gasteiger partial charge in [-0.1, -0.05) is 67.0 Å².